The van der Waals surface area contributed by atoms with E-state index in [9.17, 15) is 0 Å². The minimum atomic E-state index is 0.701. The lowest BCUT2D eigenvalue weighted by molar-refractivity contribution is 0.321. The Hall–Kier alpha value is -0.0800. The van der Waals surface area contributed by atoms with Crippen molar-refractivity contribution in [2.75, 3.05) is 26.2 Å². The molecule has 0 aromatic carbocycles. The molecule has 0 saturated carbocycles. The zero-order valence-corrected chi connectivity index (χ0v) is 9.18. The fourth-order valence-electron chi connectivity index (χ4n) is 2.08. The van der Waals surface area contributed by atoms with Gasteiger partial charge < -0.3 is 10.2 Å². The van der Waals surface area contributed by atoms with Crippen molar-refractivity contribution in [3.8, 4) is 0 Å². The predicted octanol–water partition coefficient (Wildman–Crippen LogP) is 1.86. The fourth-order valence-corrected chi connectivity index (χ4v) is 2.08. The minimum Gasteiger partial charge on any atom is -0.315 e. The third-order valence-corrected chi connectivity index (χ3v) is 2.86. The lowest BCUT2D eigenvalue weighted by Gasteiger charge is -2.16. The van der Waals surface area contributed by atoms with Crippen LogP contribution in [0, 0.1) is 0 Å². The molecule has 1 heterocycles. The summed E-state index contributed by atoms with van der Waals surface area (Å²) in [5.41, 5.74) is 0. The van der Waals surface area contributed by atoms with Crippen molar-refractivity contribution in [1.82, 2.24) is 10.2 Å². The molecule has 0 bridgehead atoms. The lowest BCUT2D eigenvalue weighted by atomic mass is 10.2. The molecule has 0 aromatic heterocycles. The van der Waals surface area contributed by atoms with Crippen LogP contribution in [0.25, 0.3) is 0 Å². The molecule has 0 radical (unpaired) electrons. The van der Waals surface area contributed by atoms with Crippen LogP contribution >= 0.6 is 0 Å². The van der Waals surface area contributed by atoms with Crippen molar-refractivity contribution in [3.63, 3.8) is 0 Å². The number of nitrogens with one attached hydrogen (secondary N) is 1. The Labute approximate surface area is 82.7 Å². The van der Waals surface area contributed by atoms with Gasteiger partial charge in [-0.3, -0.25) is 0 Å². The van der Waals surface area contributed by atoms with Crippen molar-refractivity contribution in [2.45, 2.75) is 45.6 Å². The normalized spacial score (nSPS) is 20.8. The van der Waals surface area contributed by atoms with E-state index in [1.165, 1.54) is 45.3 Å². The largest absolute Gasteiger partial charge is 0.315 e. The van der Waals surface area contributed by atoms with Gasteiger partial charge in [-0.15, -0.1) is 0 Å². The summed E-state index contributed by atoms with van der Waals surface area (Å²) in [6, 6.07) is 0.701. The standard InChI is InChI=1S/C11H24N2/c1-3-12-11(2)7-6-10-13-8-4-5-9-13/h11-12H,3-10H2,1-2H3. The Morgan fingerprint density at radius 2 is 2.00 bits per heavy atom. The van der Waals surface area contributed by atoms with E-state index in [0.29, 0.717) is 6.04 Å². The zero-order chi connectivity index (χ0) is 9.52. The van der Waals surface area contributed by atoms with Crippen molar-refractivity contribution in [1.29, 1.82) is 0 Å². The maximum Gasteiger partial charge on any atom is 0.00390 e. The Bertz CT molecular complexity index is 119. The third kappa shape index (κ3) is 4.63. The van der Waals surface area contributed by atoms with Gasteiger partial charge in [-0.05, 0) is 58.8 Å². The highest BCUT2D eigenvalue weighted by molar-refractivity contribution is 4.67. The molecule has 1 rings (SSSR count). The summed E-state index contributed by atoms with van der Waals surface area (Å²) in [5.74, 6) is 0. The van der Waals surface area contributed by atoms with E-state index in [-0.39, 0.29) is 0 Å². The second kappa shape index (κ2) is 6.39. The number of nitrogens with zero attached hydrogens (tertiary/aromatic N) is 1. The highest BCUT2D eigenvalue weighted by Gasteiger charge is 2.10. The van der Waals surface area contributed by atoms with Crippen molar-refractivity contribution in [3.05, 3.63) is 0 Å². The number of likely N-dealkylation sites (tertiary alicyclic amines) is 1. The van der Waals surface area contributed by atoms with E-state index < -0.39 is 0 Å². The average molecular weight is 184 g/mol. The first kappa shape index (κ1) is 11.0. The first-order chi connectivity index (χ1) is 6.33. The van der Waals surface area contributed by atoms with Crippen LogP contribution in [0.15, 0.2) is 0 Å². The molecule has 13 heavy (non-hydrogen) atoms. The lowest BCUT2D eigenvalue weighted by Crippen LogP contribution is -2.27. The minimum absolute atomic E-state index is 0.701. The number of hydrogen-bond donors (Lipinski definition) is 1. The van der Waals surface area contributed by atoms with Gasteiger partial charge in [0.1, 0.15) is 0 Å². The molecule has 2 heteroatoms. The summed E-state index contributed by atoms with van der Waals surface area (Å²) >= 11 is 0. The fraction of sp³-hybridized carbons (Fsp3) is 1.00. The van der Waals surface area contributed by atoms with Crippen LogP contribution in [-0.2, 0) is 0 Å². The van der Waals surface area contributed by atoms with Gasteiger partial charge >= 0.3 is 0 Å². The van der Waals surface area contributed by atoms with E-state index in [2.05, 4.69) is 24.1 Å². The summed E-state index contributed by atoms with van der Waals surface area (Å²) in [6.45, 7) is 9.57. The quantitative estimate of drug-likeness (QED) is 0.678. The van der Waals surface area contributed by atoms with Gasteiger partial charge in [0, 0.05) is 6.04 Å². The molecular formula is C11H24N2. The van der Waals surface area contributed by atoms with E-state index >= 15 is 0 Å². The van der Waals surface area contributed by atoms with Gasteiger partial charge in [0.15, 0.2) is 0 Å². The van der Waals surface area contributed by atoms with Crippen molar-refractivity contribution >= 4 is 0 Å². The second-order valence-corrected chi connectivity index (χ2v) is 4.15. The SMILES string of the molecule is CCNC(C)CCCN1CCCC1. The van der Waals surface area contributed by atoms with Gasteiger partial charge in [-0.2, -0.15) is 0 Å². The molecule has 1 aliphatic rings. The summed E-state index contributed by atoms with van der Waals surface area (Å²) in [5, 5.41) is 3.45. The van der Waals surface area contributed by atoms with E-state index in [1.807, 2.05) is 0 Å². The van der Waals surface area contributed by atoms with Crippen LogP contribution in [0.5, 0.6) is 0 Å². The Morgan fingerprint density at radius 3 is 2.62 bits per heavy atom. The van der Waals surface area contributed by atoms with Crippen molar-refractivity contribution < 1.29 is 0 Å². The van der Waals surface area contributed by atoms with Gasteiger partial charge in [-0.1, -0.05) is 6.92 Å². The molecule has 1 unspecified atom stereocenters. The van der Waals surface area contributed by atoms with Crippen LogP contribution in [0.4, 0.5) is 0 Å². The second-order valence-electron chi connectivity index (χ2n) is 4.15. The molecule has 1 fully saturated rings. The summed E-state index contributed by atoms with van der Waals surface area (Å²) in [7, 11) is 0. The summed E-state index contributed by atoms with van der Waals surface area (Å²) in [6.07, 6.45) is 5.52. The molecule has 1 aliphatic heterocycles. The highest BCUT2D eigenvalue weighted by atomic mass is 15.1. The van der Waals surface area contributed by atoms with Gasteiger partial charge in [0.05, 0.1) is 0 Å². The van der Waals surface area contributed by atoms with E-state index in [0.717, 1.165) is 6.54 Å². The Morgan fingerprint density at radius 1 is 1.31 bits per heavy atom. The van der Waals surface area contributed by atoms with Gasteiger partial charge in [-0.25, -0.2) is 0 Å². The molecule has 0 amide bonds. The van der Waals surface area contributed by atoms with Crippen molar-refractivity contribution in [2.24, 2.45) is 0 Å². The van der Waals surface area contributed by atoms with Crippen LogP contribution in [-0.4, -0.2) is 37.1 Å². The highest BCUT2D eigenvalue weighted by Crippen LogP contribution is 2.08. The maximum atomic E-state index is 3.45. The number of rotatable bonds is 6. The summed E-state index contributed by atoms with van der Waals surface area (Å²) < 4.78 is 0. The smallest absolute Gasteiger partial charge is 0.00390 e. The van der Waals surface area contributed by atoms with Crippen LogP contribution < -0.4 is 5.32 Å². The first-order valence-electron chi connectivity index (χ1n) is 5.78. The first-order valence-corrected chi connectivity index (χ1v) is 5.78. The summed E-state index contributed by atoms with van der Waals surface area (Å²) in [4.78, 5) is 2.60. The topological polar surface area (TPSA) is 15.3 Å². The third-order valence-electron chi connectivity index (χ3n) is 2.86. The molecule has 1 N–H and O–H groups in total. The zero-order valence-electron chi connectivity index (χ0n) is 9.18. The Balaban J connectivity index is 1.93. The molecule has 0 aromatic rings. The molecule has 1 atom stereocenters. The monoisotopic (exact) mass is 184 g/mol. The predicted molar refractivity (Wildman–Crippen MR) is 58.0 cm³/mol. The molecule has 78 valence electrons. The number of hydrogen-bond acceptors (Lipinski definition) is 2. The molecule has 0 spiro atoms. The maximum absolute atomic E-state index is 3.45. The molecular weight excluding hydrogens is 160 g/mol. The van der Waals surface area contributed by atoms with Gasteiger partial charge in [0.25, 0.3) is 0 Å². The molecule has 1 saturated heterocycles. The Kier molecular flexibility index (Phi) is 5.40. The van der Waals surface area contributed by atoms with Crippen LogP contribution in [0.1, 0.15) is 39.5 Å². The van der Waals surface area contributed by atoms with Gasteiger partial charge in [0.2, 0.25) is 0 Å². The van der Waals surface area contributed by atoms with E-state index in [4.69, 9.17) is 0 Å². The van der Waals surface area contributed by atoms with Crippen LogP contribution in [0.2, 0.25) is 0 Å². The average Bonchev–Trinajstić information content (AvgIpc) is 2.57. The van der Waals surface area contributed by atoms with Crippen LogP contribution in [0.3, 0.4) is 0 Å². The molecule has 0 aliphatic carbocycles. The van der Waals surface area contributed by atoms with E-state index in [1.54, 1.807) is 0 Å². The molecule has 2 nitrogen and oxygen atoms in total.